The van der Waals surface area contributed by atoms with Gasteiger partial charge in [0, 0.05) is 6.42 Å². The van der Waals surface area contributed by atoms with E-state index in [-0.39, 0.29) is 6.42 Å². The maximum absolute atomic E-state index is 12.4. The van der Waals surface area contributed by atoms with Crippen molar-refractivity contribution >= 4 is 35.6 Å². The Morgan fingerprint density at radius 2 is 1.37 bits per heavy atom. The Balaban J connectivity index is 5.17. The number of carbonyl (C=O) groups excluding carboxylic acids is 3. The molecule has 0 fully saturated rings. The number of hydrogen-bond donors (Lipinski definition) is 7. The predicted molar refractivity (Wildman–Crippen MR) is 101 cm³/mol. The highest BCUT2D eigenvalue weighted by Gasteiger charge is 2.30. The van der Waals surface area contributed by atoms with Crippen molar-refractivity contribution in [2.75, 3.05) is 0 Å². The molecule has 8 N–H and O–H groups in total. The molecule has 0 spiro atoms. The average Bonchev–Trinajstić information content (AvgIpc) is 2.60. The van der Waals surface area contributed by atoms with Crippen LogP contribution in [-0.2, 0) is 28.8 Å². The molecule has 13 nitrogen and oxygen atoms in total. The molecule has 4 unspecified atom stereocenters. The fraction of sp³-hybridized carbons (Fsp3) is 0.647. The van der Waals surface area contributed by atoms with E-state index in [2.05, 4.69) is 16.0 Å². The molecule has 0 saturated heterocycles. The van der Waals surface area contributed by atoms with Crippen LogP contribution in [0.2, 0.25) is 0 Å². The third-order valence-electron chi connectivity index (χ3n) is 3.99. The van der Waals surface area contributed by atoms with E-state index in [1.54, 1.807) is 13.8 Å². The smallest absolute Gasteiger partial charge is 0.326 e. The van der Waals surface area contributed by atoms with Crippen LogP contribution in [0, 0.1) is 5.92 Å². The van der Waals surface area contributed by atoms with Crippen LogP contribution in [0.5, 0.6) is 0 Å². The van der Waals surface area contributed by atoms with Gasteiger partial charge in [0.2, 0.25) is 17.7 Å². The second-order valence-corrected chi connectivity index (χ2v) is 7.00. The topological polar surface area (TPSA) is 225 Å². The van der Waals surface area contributed by atoms with Crippen molar-refractivity contribution in [2.45, 2.75) is 64.2 Å². The number of carboxylic acid groups (broad SMARTS) is 3. The first-order valence-corrected chi connectivity index (χ1v) is 9.09. The SMILES string of the molecule is CC(NC(=O)C(N)CC(=O)O)C(=O)NC(CCC(=O)O)C(=O)NC(C(=O)O)C(C)C. The third kappa shape index (κ3) is 9.82. The second kappa shape index (κ2) is 12.4. The van der Waals surface area contributed by atoms with Gasteiger partial charge in [-0.05, 0) is 19.3 Å². The highest BCUT2D eigenvalue weighted by atomic mass is 16.4. The Morgan fingerprint density at radius 1 is 0.800 bits per heavy atom. The van der Waals surface area contributed by atoms with Crippen LogP contribution in [0.1, 0.15) is 40.0 Å². The fourth-order valence-corrected chi connectivity index (χ4v) is 2.27. The van der Waals surface area contributed by atoms with Gasteiger partial charge in [-0.2, -0.15) is 0 Å². The first kappa shape index (κ1) is 26.8. The Kier molecular flexibility index (Phi) is 11.0. The van der Waals surface area contributed by atoms with Gasteiger partial charge in [0.05, 0.1) is 12.5 Å². The summed E-state index contributed by atoms with van der Waals surface area (Å²) < 4.78 is 0. The van der Waals surface area contributed by atoms with E-state index in [0.717, 1.165) is 0 Å². The summed E-state index contributed by atoms with van der Waals surface area (Å²) in [6, 6.07) is -5.25. The molecular formula is C17H28N4O9. The summed E-state index contributed by atoms with van der Waals surface area (Å²) in [6.45, 7) is 4.37. The van der Waals surface area contributed by atoms with Crippen LogP contribution in [0.25, 0.3) is 0 Å². The summed E-state index contributed by atoms with van der Waals surface area (Å²) in [5.74, 6) is -6.98. The van der Waals surface area contributed by atoms with Crippen molar-refractivity contribution in [1.29, 1.82) is 0 Å². The Labute approximate surface area is 172 Å². The van der Waals surface area contributed by atoms with Crippen molar-refractivity contribution in [2.24, 2.45) is 11.7 Å². The molecule has 0 radical (unpaired) electrons. The van der Waals surface area contributed by atoms with Crippen molar-refractivity contribution in [3.05, 3.63) is 0 Å². The van der Waals surface area contributed by atoms with Gasteiger partial charge in [-0.15, -0.1) is 0 Å². The van der Waals surface area contributed by atoms with Crippen LogP contribution >= 0.6 is 0 Å². The standard InChI is InChI=1S/C17H28N4O9/c1-7(2)13(17(29)30)21-16(28)10(4-5-11(22)23)20-14(26)8(3)19-15(27)9(18)6-12(24)25/h7-10,13H,4-6,18H2,1-3H3,(H,19,27)(H,20,26)(H,21,28)(H,22,23)(H,24,25)(H,29,30). The van der Waals surface area contributed by atoms with E-state index >= 15 is 0 Å². The van der Waals surface area contributed by atoms with Gasteiger partial charge in [0.1, 0.15) is 18.1 Å². The highest BCUT2D eigenvalue weighted by Crippen LogP contribution is 2.05. The quantitative estimate of drug-likeness (QED) is 0.167. The zero-order chi connectivity index (χ0) is 23.6. The number of rotatable bonds is 13. The first-order valence-electron chi connectivity index (χ1n) is 9.09. The summed E-state index contributed by atoms with van der Waals surface area (Å²) >= 11 is 0. The number of carboxylic acids is 3. The second-order valence-electron chi connectivity index (χ2n) is 7.00. The Bertz CT molecular complexity index is 680. The minimum Gasteiger partial charge on any atom is -0.481 e. The lowest BCUT2D eigenvalue weighted by Crippen LogP contribution is -2.57. The maximum atomic E-state index is 12.4. The molecule has 0 aromatic rings. The Hall–Kier alpha value is -3.22. The summed E-state index contributed by atoms with van der Waals surface area (Å²) in [5, 5.41) is 33.4. The van der Waals surface area contributed by atoms with Gasteiger partial charge in [-0.25, -0.2) is 4.79 Å². The lowest BCUT2D eigenvalue weighted by Gasteiger charge is -2.24. The Morgan fingerprint density at radius 3 is 1.80 bits per heavy atom. The molecule has 4 atom stereocenters. The van der Waals surface area contributed by atoms with E-state index < -0.39 is 78.6 Å². The van der Waals surface area contributed by atoms with Gasteiger partial charge in [0.25, 0.3) is 0 Å². The van der Waals surface area contributed by atoms with Crippen molar-refractivity contribution in [3.8, 4) is 0 Å². The molecule has 0 aromatic carbocycles. The number of nitrogens with one attached hydrogen (secondary N) is 3. The van der Waals surface area contributed by atoms with Crippen molar-refractivity contribution in [1.82, 2.24) is 16.0 Å². The average molecular weight is 432 g/mol. The van der Waals surface area contributed by atoms with E-state index in [0.29, 0.717) is 0 Å². The van der Waals surface area contributed by atoms with E-state index in [4.69, 9.17) is 15.9 Å². The summed E-state index contributed by atoms with van der Waals surface area (Å²) in [5.41, 5.74) is 5.40. The molecule has 0 aromatic heterocycles. The molecule has 0 aliphatic heterocycles. The molecule has 0 rings (SSSR count). The van der Waals surface area contributed by atoms with Crippen LogP contribution < -0.4 is 21.7 Å². The normalized spacial score (nSPS) is 14.7. The monoisotopic (exact) mass is 432 g/mol. The molecule has 13 heteroatoms. The molecule has 3 amide bonds. The number of amides is 3. The highest BCUT2D eigenvalue weighted by molar-refractivity contribution is 5.94. The maximum Gasteiger partial charge on any atom is 0.326 e. The molecule has 0 saturated carbocycles. The van der Waals surface area contributed by atoms with Crippen LogP contribution in [0.4, 0.5) is 0 Å². The summed E-state index contributed by atoms with van der Waals surface area (Å²) in [6.07, 6.45) is -1.46. The molecular weight excluding hydrogens is 404 g/mol. The van der Waals surface area contributed by atoms with Gasteiger partial charge < -0.3 is 37.0 Å². The van der Waals surface area contributed by atoms with Gasteiger partial charge in [-0.3, -0.25) is 24.0 Å². The van der Waals surface area contributed by atoms with Crippen LogP contribution in [0.15, 0.2) is 0 Å². The molecule has 0 bridgehead atoms. The first-order chi connectivity index (χ1) is 13.8. The minimum absolute atomic E-state index is 0.323. The zero-order valence-electron chi connectivity index (χ0n) is 16.9. The number of carbonyl (C=O) groups is 6. The van der Waals surface area contributed by atoms with E-state index in [1.165, 1.54) is 6.92 Å². The van der Waals surface area contributed by atoms with Gasteiger partial charge in [-0.1, -0.05) is 13.8 Å². The summed E-state index contributed by atoms with van der Waals surface area (Å²) in [7, 11) is 0. The fourth-order valence-electron chi connectivity index (χ4n) is 2.27. The predicted octanol–water partition coefficient (Wildman–Crippen LogP) is -2.13. The van der Waals surface area contributed by atoms with Crippen LogP contribution in [-0.4, -0.2) is 75.1 Å². The molecule has 0 heterocycles. The van der Waals surface area contributed by atoms with Crippen molar-refractivity contribution in [3.63, 3.8) is 0 Å². The van der Waals surface area contributed by atoms with Crippen molar-refractivity contribution < 1.29 is 44.1 Å². The van der Waals surface area contributed by atoms with Gasteiger partial charge in [0.15, 0.2) is 0 Å². The van der Waals surface area contributed by atoms with Gasteiger partial charge >= 0.3 is 17.9 Å². The molecule has 0 aliphatic rings. The number of hydrogen-bond acceptors (Lipinski definition) is 7. The number of nitrogens with two attached hydrogens (primary N) is 1. The molecule has 0 aliphatic carbocycles. The molecule has 170 valence electrons. The largest absolute Gasteiger partial charge is 0.481 e. The minimum atomic E-state index is -1.40. The van der Waals surface area contributed by atoms with Crippen LogP contribution in [0.3, 0.4) is 0 Å². The summed E-state index contributed by atoms with van der Waals surface area (Å²) in [4.78, 5) is 69.2. The lowest BCUT2D eigenvalue weighted by molar-refractivity contribution is -0.144. The molecule has 30 heavy (non-hydrogen) atoms. The van der Waals surface area contributed by atoms with E-state index in [1.807, 2.05) is 0 Å². The number of aliphatic carboxylic acids is 3. The third-order valence-corrected chi connectivity index (χ3v) is 3.99. The van der Waals surface area contributed by atoms with E-state index in [9.17, 15) is 33.9 Å². The zero-order valence-corrected chi connectivity index (χ0v) is 16.9. The lowest BCUT2D eigenvalue weighted by atomic mass is 10.0.